The van der Waals surface area contributed by atoms with Crippen molar-refractivity contribution in [3.05, 3.63) is 59.2 Å². The van der Waals surface area contributed by atoms with Crippen LogP contribution in [-0.2, 0) is 18.5 Å². The van der Waals surface area contributed by atoms with Crippen LogP contribution < -0.4 is 0 Å². The Labute approximate surface area is 129 Å². The third-order valence-corrected chi connectivity index (χ3v) is 3.15. The molecule has 0 nitrogen and oxygen atoms in total. The van der Waals surface area contributed by atoms with Crippen molar-refractivity contribution >= 4 is 0 Å². The van der Waals surface area contributed by atoms with E-state index in [2.05, 4.69) is 0 Å². The number of hydrogen-bond donors (Lipinski definition) is 0. The maximum absolute atomic E-state index is 13.0. The third kappa shape index (κ3) is 3.65. The Morgan fingerprint density at radius 3 is 1.42 bits per heavy atom. The van der Waals surface area contributed by atoms with Gasteiger partial charge in [-0.05, 0) is 29.8 Å². The zero-order valence-electron chi connectivity index (χ0n) is 11.4. The molecule has 2 aromatic rings. The van der Waals surface area contributed by atoms with Crippen LogP contribution >= 0.6 is 0 Å². The molecule has 0 aliphatic carbocycles. The molecule has 2 rings (SSSR count). The van der Waals surface area contributed by atoms with Crippen LogP contribution in [-0.4, -0.2) is 0 Å². The molecule has 0 aliphatic rings. The quantitative estimate of drug-likeness (QED) is 0.517. The minimum atomic E-state index is -5.16. The van der Waals surface area contributed by atoms with Crippen LogP contribution in [0.25, 0.3) is 11.1 Å². The summed E-state index contributed by atoms with van der Waals surface area (Å²) in [6, 6.07) is 3.70. The monoisotopic (exact) mass is 358 g/mol. The first kappa shape index (κ1) is 18.2. The van der Waals surface area contributed by atoms with Gasteiger partial charge in [0.1, 0.15) is 0 Å². The van der Waals surface area contributed by atoms with E-state index < -0.39 is 46.3 Å². The summed E-state index contributed by atoms with van der Waals surface area (Å²) < 4.78 is 116. The summed E-state index contributed by atoms with van der Waals surface area (Å²) in [5.41, 5.74) is -6.80. The predicted octanol–water partition coefficient (Wildman–Crippen LogP) is 6.41. The fourth-order valence-electron chi connectivity index (χ4n) is 2.19. The minimum absolute atomic E-state index is 0.264. The lowest BCUT2D eigenvalue weighted by molar-refractivity contribution is -0.142. The van der Waals surface area contributed by atoms with Gasteiger partial charge in [0.05, 0.1) is 16.7 Å². The van der Waals surface area contributed by atoms with Crippen molar-refractivity contribution in [2.75, 3.05) is 0 Å². The second-order valence-corrected chi connectivity index (χ2v) is 4.80. The number of rotatable bonds is 1. The summed E-state index contributed by atoms with van der Waals surface area (Å²) in [6.07, 6.45) is -15.2. The van der Waals surface area contributed by atoms with Gasteiger partial charge in [0.15, 0.2) is 0 Å². The molecule has 0 radical (unpaired) electrons. The molecule has 0 spiro atoms. The van der Waals surface area contributed by atoms with Gasteiger partial charge in [-0.3, -0.25) is 0 Å². The van der Waals surface area contributed by atoms with E-state index >= 15 is 0 Å². The SMILES string of the molecule is FC(F)(F)c1cccc(-c2c(C(F)(F)F)cccc2C(F)(F)F)c1. The fourth-order valence-corrected chi connectivity index (χ4v) is 2.19. The molecule has 0 saturated heterocycles. The van der Waals surface area contributed by atoms with E-state index in [-0.39, 0.29) is 6.07 Å². The molecule has 9 heteroatoms. The van der Waals surface area contributed by atoms with Crippen molar-refractivity contribution < 1.29 is 39.5 Å². The fraction of sp³-hybridized carbons (Fsp3) is 0.200. The largest absolute Gasteiger partial charge is 0.417 e. The van der Waals surface area contributed by atoms with E-state index in [1.165, 1.54) is 0 Å². The van der Waals surface area contributed by atoms with Gasteiger partial charge in [-0.15, -0.1) is 0 Å². The second-order valence-electron chi connectivity index (χ2n) is 4.80. The summed E-state index contributed by atoms with van der Waals surface area (Å²) in [5, 5.41) is 0. The molecule has 0 N–H and O–H groups in total. The highest BCUT2D eigenvalue weighted by Crippen LogP contribution is 2.45. The first-order chi connectivity index (χ1) is 10.8. The molecule has 0 atom stereocenters. The van der Waals surface area contributed by atoms with E-state index in [1.54, 1.807) is 0 Å². The van der Waals surface area contributed by atoms with Crippen LogP contribution in [0.1, 0.15) is 16.7 Å². The van der Waals surface area contributed by atoms with Crippen LogP contribution in [0.4, 0.5) is 39.5 Å². The lowest BCUT2D eigenvalue weighted by Crippen LogP contribution is -2.14. The lowest BCUT2D eigenvalue weighted by Gasteiger charge is -2.19. The van der Waals surface area contributed by atoms with Crippen LogP contribution in [0.5, 0.6) is 0 Å². The zero-order valence-corrected chi connectivity index (χ0v) is 11.4. The average Bonchev–Trinajstić information content (AvgIpc) is 2.44. The van der Waals surface area contributed by atoms with Crippen molar-refractivity contribution in [1.82, 2.24) is 0 Å². The van der Waals surface area contributed by atoms with Crippen LogP contribution in [0.2, 0.25) is 0 Å². The summed E-state index contributed by atoms with van der Waals surface area (Å²) in [7, 11) is 0. The van der Waals surface area contributed by atoms with E-state index in [0.717, 1.165) is 12.1 Å². The Morgan fingerprint density at radius 2 is 1.00 bits per heavy atom. The summed E-state index contributed by atoms with van der Waals surface area (Å²) in [6.45, 7) is 0. The smallest absolute Gasteiger partial charge is 0.166 e. The molecule has 0 aromatic heterocycles. The molecule has 0 amide bonds. The molecule has 0 unspecified atom stereocenters. The first-order valence-corrected chi connectivity index (χ1v) is 6.27. The number of alkyl halides is 9. The third-order valence-electron chi connectivity index (χ3n) is 3.15. The maximum Gasteiger partial charge on any atom is 0.417 e. The molecule has 0 bridgehead atoms. The van der Waals surface area contributed by atoms with Gasteiger partial charge in [0.25, 0.3) is 0 Å². The highest BCUT2D eigenvalue weighted by molar-refractivity contribution is 5.73. The highest BCUT2D eigenvalue weighted by atomic mass is 19.4. The van der Waals surface area contributed by atoms with E-state index in [4.69, 9.17) is 0 Å². The van der Waals surface area contributed by atoms with Crippen molar-refractivity contribution in [3.63, 3.8) is 0 Å². The summed E-state index contributed by atoms with van der Waals surface area (Å²) in [5.74, 6) is 0. The Balaban J connectivity index is 2.82. The summed E-state index contributed by atoms with van der Waals surface area (Å²) >= 11 is 0. The zero-order chi connectivity index (χ0) is 18.3. The number of halogens is 9. The van der Waals surface area contributed by atoms with E-state index in [0.29, 0.717) is 24.3 Å². The lowest BCUT2D eigenvalue weighted by atomic mass is 9.92. The molecule has 0 aliphatic heterocycles. The van der Waals surface area contributed by atoms with Crippen molar-refractivity contribution in [3.8, 4) is 11.1 Å². The number of benzene rings is 2. The van der Waals surface area contributed by atoms with Crippen molar-refractivity contribution in [2.45, 2.75) is 18.5 Å². The highest BCUT2D eigenvalue weighted by Gasteiger charge is 2.41. The summed E-state index contributed by atoms with van der Waals surface area (Å²) in [4.78, 5) is 0. The molecule has 0 fully saturated rings. The molecule has 130 valence electrons. The van der Waals surface area contributed by atoms with Crippen LogP contribution in [0.3, 0.4) is 0 Å². The Hall–Kier alpha value is -2.19. The Bertz CT molecular complexity index is 704. The number of hydrogen-bond acceptors (Lipinski definition) is 0. The van der Waals surface area contributed by atoms with Gasteiger partial charge in [-0.2, -0.15) is 39.5 Å². The van der Waals surface area contributed by atoms with Gasteiger partial charge in [0, 0.05) is 5.56 Å². The Morgan fingerprint density at radius 1 is 0.542 bits per heavy atom. The van der Waals surface area contributed by atoms with Crippen LogP contribution in [0.15, 0.2) is 42.5 Å². The normalized spacial score (nSPS) is 13.2. The van der Waals surface area contributed by atoms with Crippen molar-refractivity contribution in [2.24, 2.45) is 0 Å². The van der Waals surface area contributed by atoms with Crippen molar-refractivity contribution in [1.29, 1.82) is 0 Å². The first-order valence-electron chi connectivity index (χ1n) is 6.27. The molecule has 0 heterocycles. The van der Waals surface area contributed by atoms with Gasteiger partial charge in [-0.25, -0.2) is 0 Å². The Kier molecular flexibility index (Phi) is 4.32. The topological polar surface area (TPSA) is 0 Å². The van der Waals surface area contributed by atoms with Gasteiger partial charge < -0.3 is 0 Å². The molecule has 0 saturated carbocycles. The van der Waals surface area contributed by atoms with E-state index in [9.17, 15) is 39.5 Å². The van der Waals surface area contributed by atoms with Gasteiger partial charge in [0.2, 0.25) is 0 Å². The molecular weight excluding hydrogens is 351 g/mol. The standard InChI is InChI=1S/C15H7F9/c16-13(17,18)9-4-1-3-8(7-9)12-10(14(19,20)21)5-2-6-11(12)15(22,23)24/h1-7H. The second kappa shape index (κ2) is 5.71. The molecule has 24 heavy (non-hydrogen) atoms. The predicted molar refractivity (Wildman–Crippen MR) is 66.9 cm³/mol. The maximum atomic E-state index is 13.0. The van der Waals surface area contributed by atoms with Crippen LogP contribution in [0, 0.1) is 0 Å². The van der Waals surface area contributed by atoms with E-state index in [1.807, 2.05) is 0 Å². The molecular formula is C15H7F9. The van der Waals surface area contributed by atoms with Gasteiger partial charge in [-0.1, -0.05) is 18.2 Å². The molecule has 2 aromatic carbocycles. The average molecular weight is 358 g/mol. The van der Waals surface area contributed by atoms with Gasteiger partial charge >= 0.3 is 18.5 Å². The minimum Gasteiger partial charge on any atom is -0.166 e.